The Kier molecular flexibility index (Phi) is 5.45. The Bertz CT molecular complexity index is 1540. The molecular formula is C28H24N6O4. The van der Waals surface area contributed by atoms with Crippen LogP contribution in [0, 0.1) is 0 Å². The normalized spacial score (nSPS) is 21.7. The van der Waals surface area contributed by atoms with Gasteiger partial charge in [-0.25, -0.2) is 14.6 Å². The fourth-order valence-corrected chi connectivity index (χ4v) is 5.26. The summed E-state index contributed by atoms with van der Waals surface area (Å²) in [6.45, 7) is 0. The fraction of sp³-hybridized carbons (Fsp3) is 0.179. The Balaban J connectivity index is 1.24. The van der Waals surface area contributed by atoms with E-state index in [9.17, 15) is 19.2 Å². The lowest BCUT2D eigenvalue weighted by atomic mass is 9.96. The molecule has 10 heteroatoms. The van der Waals surface area contributed by atoms with Crippen LogP contribution in [0.3, 0.4) is 0 Å². The first-order chi connectivity index (χ1) is 18.3. The first-order valence-corrected chi connectivity index (χ1v) is 12.2. The molecule has 190 valence electrons. The SMILES string of the molecule is CN1C(=O)C(NC(=O)Nc2ccc3c(c2)CC2(C3)NC(=O)NC2=O)N=C(c2ccccc2)c2ccccc21. The first-order valence-electron chi connectivity index (χ1n) is 12.2. The molecule has 0 aromatic heterocycles. The van der Waals surface area contributed by atoms with E-state index in [0.29, 0.717) is 29.9 Å². The van der Waals surface area contributed by atoms with Gasteiger partial charge in [0.2, 0.25) is 6.17 Å². The van der Waals surface area contributed by atoms with Gasteiger partial charge in [0.25, 0.3) is 11.8 Å². The third-order valence-corrected chi connectivity index (χ3v) is 7.12. The van der Waals surface area contributed by atoms with E-state index in [0.717, 1.165) is 22.3 Å². The van der Waals surface area contributed by atoms with Crippen LogP contribution >= 0.6 is 0 Å². The Labute approximate surface area is 218 Å². The van der Waals surface area contributed by atoms with Crippen molar-refractivity contribution in [2.75, 3.05) is 17.3 Å². The zero-order valence-electron chi connectivity index (χ0n) is 20.4. The van der Waals surface area contributed by atoms with Gasteiger partial charge in [-0.1, -0.05) is 54.6 Å². The van der Waals surface area contributed by atoms with Crippen LogP contribution in [-0.4, -0.2) is 48.3 Å². The molecule has 3 aromatic carbocycles. The Morgan fingerprint density at radius 1 is 0.974 bits per heavy atom. The summed E-state index contributed by atoms with van der Waals surface area (Å²) in [5.41, 5.74) is 4.18. The predicted octanol–water partition coefficient (Wildman–Crippen LogP) is 2.33. The minimum Gasteiger partial charge on any atom is -0.323 e. The van der Waals surface area contributed by atoms with Crippen LogP contribution < -0.4 is 26.2 Å². The summed E-state index contributed by atoms with van der Waals surface area (Å²) in [6.07, 6.45) is -0.448. The van der Waals surface area contributed by atoms with Gasteiger partial charge in [0, 0.05) is 36.7 Å². The van der Waals surface area contributed by atoms with Crippen molar-refractivity contribution in [3.63, 3.8) is 0 Å². The van der Waals surface area contributed by atoms with Gasteiger partial charge in [-0.05, 0) is 29.3 Å². The molecule has 6 rings (SSSR count). The lowest BCUT2D eigenvalue weighted by Crippen LogP contribution is -2.47. The molecule has 4 N–H and O–H groups in total. The number of amides is 6. The molecule has 2 aliphatic heterocycles. The van der Waals surface area contributed by atoms with Gasteiger partial charge >= 0.3 is 12.1 Å². The highest BCUT2D eigenvalue weighted by Gasteiger charge is 2.50. The summed E-state index contributed by atoms with van der Waals surface area (Å²) in [6, 6.07) is 21.2. The number of benzene rings is 3. The van der Waals surface area contributed by atoms with Crippen molar-refractivity contribution in [2.24, 2.45) is 4.99 Å². The first kappa shape index (κ1) is 23.4. The number of nitrogens with zero attached hydrogens (tertiary/aromatic N) is 2. The van der Waals surface area contributed by atoms with E-state index < -0.39 is 23.8 Å². The zero-order chi connectivity index (χ0) is 26.4. The second kappa shape index (κ2) is 8.84. The van der Waals surface area contributed by atoms with Gasteiger partial charge in [0.1, 0.15) is 5.54 Å². The second-order valence-electron chi connectivity index (χ2n) is 9.59. The average Bonchev–Trinajstić information content (AvgIpc) is 3.38. The van der Waals surface area contributed by atoms with Crippen molar-refractivity contribution in [1.29, 1.82) is 0 Å². The summed E-state index contributed by atoms with van der Waals surface area (Å²) in [5, 5.41) is 10.5. The maximum absolute atomic E-state index is 13.3. The molecule has 10 nitrogen and oxygen atoms in total. The van der Waals surface area contributed by atoms with Crippen LogP contribution in [0.15, 0.2) is 77.8 Å². The number of hydrogen-bond acceptors (Lipinski definition) is 5. The van der Waals surface area contributed by atoms with Crippen LogP contribution in [-0.2, 0) is 22.4 Å². The molecule has 0 saturated carbocycles. The number of anilines is 2. The van der Waals surface area contributed by atoms with Crippen molar-refractivity contribution in [3.8, 4) is 0 Å². The second-order valence-corrected chi connectivity index (χ2v) is 9.59. The predicted molar refractivity (Wildman–Crippen MR) is 141 cm³/mol. The van der Waals surface area contributed by atoms with E-state index in [4.69, 9.17) is 4.99 Å². The van der Waals surface area contributed by atoms with Crippen molar-refractivity contribution >= 4 is 41.0 Å². The third kappa shape index (κ3) is 3.96. The zero-order valence-corrected chi connectivity index (χ0v) is 20.4. The molecule has 2 heterocycles. The molecule has 6 amide bonds. The third-order valence-electron chi connectivity index (χ3n) is 7.12. The molecule has 1 spiro atoms. The minimum absolute atomic E-state index is 0.325. The summed E-state index contributed by atoms with van der Waals surface area (Å²) in [4.78, 5) is 56.6. The number of urea groups is 2. The highest BCUT2D eigenvalue weighted by atomic mass is 16.2. The van der Waals surface area contributed by atoms with Crippen molar-refractivity contribution in [1.82, 2.24) is 16.0 Å². The highest BCUT2D eigenvalue weighted by molar-refractivity contribution is 6.20. The van der Waals surface area contributed by atoms with E-state index >= 15 is 0 Å². The summed E-state index contributed by atoms with van der Waals surface area (Å²) >= 11 is 0. The van der Waals surface area contributed by atoms with Gasteiger partial charge in [-0.2, -0.15) is 0 Å². The Morgan fingerprint density at radius 3 is 2.47 bits per heavy atom. The quantitative estimate of drug-likeness (QED) is 0.404. The monoisotopic (exact) mass is 508 g/mol. The molecule has 1 saturated heterocycles. The number of para-hydroxylation sites is 1. The number of imide groups is 1. The topological polar surface area (TPSA) is 132 Å². The molecule has 3 aromatic rings. The van der Waals surface area contributed by atoms with E-state index in [1.165, 1.54) is 4.90 Å². The van der Waals surface area contributed by atoms with Crippen LogP contribution in [0.25, 0.3) is 0 Å². The van der Waals surface area contributed by atoms with Crippen molar-refractivity contribution in [3.05, 3.63) is 95.1 Å². The number of nitrogens with one attached hydrogen (secondary N) is 4. The molecule has 2 unspecified atom stereocenters. The molecule has 3 aliphatic rings. The lowest BCUT2D eigenvalue weighted by Gasteiger charge is -2.21. The number of hydrogen-bond donors (Lipinski definition) is 4. The summed E-state index contributed by atoms with van der Waals surface area (Å²) in [7, 11) is 1.66. The maximum Gasteiger partial charge on any atom is 0.322 e. The molecule has 38 heavy (non-hydrogen) atoms. The standard InChI is InChI=1S/C28H24N6O4/c1-34-21-10-6-5-9-20(21)22(16-7-3-2-4-8-16)30-23(24(34)35)31-26(37)29-19-12-11-17-14-28(15-18(17)13-19)25(36)32-27(38)33-28/h2-13,23H,14-15H2,1H3,(H2,29,31,37)(H2,32,33,36,38). The number of benzodiazepines with no additional fused rings is 1. The largest absolute Gasteiger partial charge is 0.323 e. The Morgan fingerprint density at radius 2 is 1.71 bits per heavy atom. The summed E-state index contributed by atoms with van der Waals surface area (Å²) in [5.74, 6) is -0.729. The number of carbonyl (C=O) groups excluding carboxylic acids is 4. The van der Waals surface area contributed by atoms with E-state index in [1.54, 1.807) is 19.2 Å². The molecule has 0 bridgehead atoms. The van der Waals surface area contributed by atoms with E-state index in [2.05, 4.69) is 21.3 Å². The molecule has 0 radical (unpaired) electrons. The van der Waals surface area contributed by atoms with E-state index in [1.807, 2.05) is 60.7 Å². The number of carbonyl (C=O) groups is 4. The number of likely N-dealkylation sites (N-methyl/N-ethyl adjacent to an activating group) is 1. The molecule has 1 fully saturated rings. The number of fused-ring (bicyclic) bond motifs is 2. The Hall–Kier alpha value is -4.99. The van der Waals surface area contributed by atoms with Crippen LogP contribution in [0.4, 0.5) is 21.0 Å². The molecular weight excluding hydrogens is 484 g/mol. The van der Waals surface area contributed by atoms with Gasteiger partial charge in [-0.15, -0.1) is 0 Å². The van der Waals surface area contributed by atoms with Crippen LogP contribution in [0.1, 0.15) is 22.3 Å². The summed E-state index contributed by atoms with van der Waals surface area (Å²) < 4.78 is 0. The van der Waals surface area contributed by atoms with Crippen molar-refractivity contribution < 1.29 is 19.2 Å². The highest BCUT2D eigenvalue weighted by Crippen LogP contribution is 2.34. The number of aliphatic imine (C=N–C) groups is 1. The minimum atomic E-state index is -1.15. The number of rotatable bonds is 3. The maximum atomic E-state index is 13.3. The van der Waals surface area contributed by atoms with Gasteiger partial charge < -0.3 is 20.9 Å². The van der Waals surface area contributed by atoms with Gasteiger partial charge in [0.15, 0.2) is 0 Å². The molecule has 2 atom stereocenters. The van der Waals surface area contributed by atoms with Crippen molar-refractivity contribution in [2.45, 2.75) is 24.5 Å². The fourth-order valence-electron chi connectivity index (χ4n) is 5.26. The van der Waals surface area contributed by atoms with Crippen LogP contribution in [0.2, 0.25) is 0 Å². The van der Waals surface area contributed by atoms with Gasteiger partial charge in [0.05, 0.1) is 11.4 Å². The smallest absolute Gasteiger partial charge is 0.322 e. The molecule has 1 aliphatic carbocycles. The van der Waals surface area contributed by atoms with Gasteiger partial charge in [-0.3, -0.25) is 14.9 Å². The van der Waals surface area contributed by atoms with E-state index in [-0.39, 0.29) is 11.8 Å². The van der Waals surface area contributed by atoms with Crippen LogP contribution in [0.5, 0.6) is 0 Å². The lowest BCUT2D eigenvalue weighted by molar-refractivity contribution is -0.123. The average molecular weight is 509 g/mol.